The monoisotopic (exact) mass is 336 g/mol. The van der Waals surface area contributed by atoms with Gasteiger partial charge in [0.25, 0.3) is 10.0 Å². The summed E-state index contributed by atoms with van der Waals surface area (Å²) < 4.78 is 24.7. The molecule has 0 aliphatic rings. The van der Waals surface area contributed by atoms with Crippen molar-refractivity contribution in [2.24, 2.45) is 0 Å². The summed E-state index contributed by atoms with van der Waals surface area (Å²) in [5.74, 6) is -1.09. The van der Waals surface area contributed by atoms with Crippen molar-refractivity contribution in [2.45, 2.75) is 25.7 Å². The van der Waals surface area contributed by atoms with Gasteiger partial charge in [-0.25, -0.2) is 23.2 Å². The van der Waals surface area contributed by atoms with Gasteiger partial charge in [-0.3, -0.25) is 5.43 Å². The number of carbonyl (C=O) groups is 1. The molecule has 0 aliphatic heterocycles. The van der Waals surface area contributed by atoms with Gasteiger partial charge in [0.1, 0.15) is 0 Å². The Balaban J connectivity index is 2.28. The van der Waals surface area contributed by atoms with Crippen LogP contribution in [-0.2, 0) is 10.0 Å². The van der Waals surface area contributed by atoms with E-state index in [1.807, 2.05) is 0 Å². The summed E-state index contributed by atoms with van der Waals surface area (Å²) in [4.78, 5) is 21.1. The normalized spacial score (nSPS) is 11.3. The van der Waals surface area contributed by atoms with E-state index in [-0.39, 0.29) is 16.4 Å². The highest BCUT2D eigenvalue weighted by molar-refractivity contribution is 7.89. The van der Waals surface area contributed by atoms with Crippen LogP contribution >= 0.6 is 0 Å². The van der Waals surface area contributed by atoms with Crippen molar-refractivity contribution < 1.29 is 18.3 Å². The van der Waals surface area contributed by atoms with E-state index in [2.05, 4.69) is 20.2 Å². The smallest absolute Gasteiger partial charge is 0.335 e. The van der Waals surface area contributed by atoms with Crippen molar-refractivity contribution >= 4 is 21.9 Å². The number of rotatable bonds is 5. The topological polar surface area (TPSA) is 121 Å². The van der Waals surface area contributed by atoms with E-state index in [9.17, 15) is 13.2 Å². The van der Waals surface area contributed by atoms with Crippen LogP contribution in [0, 0.1) is 20.8 Å². The van der Waals surface area contributed by atoms with Gasteiger partial charge in [-0.1, -0.05) is 6.07 Å². The van der Waals surface area contributed by atoms with Gasteiger partial charge in [0.2, 0.25) is 5.95 Å². The lowest BCUT2D eigenvalue weighted by Gasteiger charge is -2.11. The summed E-state index contributed by atoms with van der Waals surface area (Å²) >= 11 is 0. The predicted octanol–water partition coefficient (Wildman–Crippen LogP) is 1.41. The molecule has 3 N–H and O–H groups in total. The molecule has 0 amide bonds. The minimum atomic E-state index is -3.98. The molecule has 1 aromatic carbocycles. The Bertz CT molecular complexity index is 845. The zero-order valence-electron chi connectivity index (χ0n) is 12.8. The van der Waals surface area contributed by atoms with E-state index < -0.39 is 16.0 Å². The molecule has 122 valence electrons. The van der Waals surface area contributed by atoms with Gasteiger partial charge in [0, 0.05) is 11.4 Å². The molecule has 0 saturated carbocycles. The Hall–Kier alpha value is -2.52. The van der Waals surface area contributed by atoms with Gasteiger partial charge in [-0.05, 0) is 44.5 Å². The lowest BCUT2D eigenvalue weighted by molar-refractivity contribution is 0.0696. The van der Waals surface area contributed by atoms with Gasteiger partial charge in [0.15, 0.2) is 0 Å². The van der Waals surface area contributed by atoms with Crippen LogP contribution in [0.2, 0.25) is 0 Å². The fraction of sp³-hybridized carbons (Fsp3) is 0.214. The summed E-state index contributed by atoms with van der Waals surface area (Å²) in [5.41, 5.74) is 4.11. The van der Waals surface area contributed by atoms with E-state index in [0.717, 1.165) is 6.07 Å². The highest BCUT2D eigenvalue weighted by atomic mass is 32.2. The summed E-state index contributed by atoms with van der Waals surface area (Å²) in [5, 5.41) is 8.98. The van der Waals surface area contributed by atoms with Gasteiger partial charge in [-0.15, -0.1) is 4.83 Å². The quantitative estimate of drug-likeness (QED) is 0.706. The first-order valence-corrected chi connectivity index (χ1v) is 8.11. The Labute approximate surface area is 133 Å². The first kappa shape index (κ1) is 16.8. The minimum absolute atomic E-state index is 0.109. The number of carboxylic acids is 1. The molecule has 1 aromatic heterocycles. The Morgan fingerprint density at radius 1 is 1.09 bits per heavy atom. The maximum Gasteiger partial charge on any atom is 0.335 e. The second-order valence-corrected chi connectivity index (χ2v) is 6.64. The number of aromatic nitrogens is 2. The Morgan fingerprint density at radius 3 is 2.26 bits per heavy atom. The molecule has 0 saturated heterocycles. The van der Waals surface area contributed by atoms with Crippen LogP contribution < -0.4 is 10.3 Å². The summed E-state index contributed by atoms with van der Waals surface area (Å²) in [6.45, 7) is 5.09. The molecule has 0 bridgehead atoms. The van der Waals surface area contributed by atoms with Crippen LogP contribution in [0.15, 0.2) is 29.2 Å². The molecule has 0 radical (unpaired) electrons. The number of aromatic carboxylic acids is 1. The number of hydrazine groups is 1. The molecular formula is C14H16N4O4S. The van der Waals surface area contributed by atoms with Crippen molar-refractivity contribution in [3.8, 4) is 0 Å². The maximum absolute atomic E-state index is 12.3. The molecule has 0 fully saturated rings. The molecule has 9 heteroatoms. The molecule has 0 spiro atoms. The van der Waals surface area contributed by atoms with Crippen LogP contribution in [0.3, 0.4) is 0 Å². The number of hydrogen-bond donors (Lipinski definition) is 3. The van der Waals surface area contributed by atoms with Crippen molar-refractivity contribution in [1.82, 2.24) is 14.8 Å². The molecule has 1 heterocycles. The van der Waals surface area contributed by atoms with Crippen molar-refractivity contribution in [1.29, 1.82) is 0 Å². The van der Waals surface area contributed by atoms with Crippen molar-refractivity contribution in [3.63, 3.8) is 0 Å². The molecule has 0 atom stereocenters. The zero-order valence-corrected chi connectivity index (χ0v) is 13.6. The van der Waals surface area contributed by atoms with E-state index in [0.29, 0.717) is 17.0 Å². The number of nitrogens with zero attached hydrogens (tertiary/aromatic N) is 2. The zero-order chi connectivity index (χ0) is 17.2. The molecule has 23 heavy (non-hydrogen) atoms. The predicted molar refractivity (Wildman–Crippen MR) is 83.6 cm³/mol. The van der Waals surface area contributed by atoms with Gasteiger partial charge in [0.05, 0.1) is 10.5 Å². The maximum atomic E-state index is 12.3. The molecular weight excluding hydrogens is 320 g/mol. The number of aryl methyl sites for hydroxylation is 3. The lowest BCUT2D eigenvalue weighted by Crippen LogP contribution is -2.31. The number of carboxylic acid groups (broad SMARTS) is 1. The Morgan fingerprint density at radius 2 is 1.70 bits per heavy atom. The first-order chi connectivity index (χ1) is 10.7. The van der Waals surface area contributed by atoms with E-state index in [1.54, 1.807) is 26.8 Å². The van der Waals surface area contributed by atoms with Crippen LogP contribution in [0.4, 0.5) is 5.95 Å². The Kier molecular flexibility index (Phi) is 4.62. The van der Waals surface area contributed by atoms with Crippen LogP contribution in [0.5, 0.6) is 0 Å². The standard InChI is InChI=1S/C14H16N4O4S/c1-8-4-5-11(13(19)20)7-12(8)23(21,22)18-17-14-15-9(2)6-10(3)16-14/h4-7,18H,1-3H3,(H,19,20)(H,15,16,17). The van der Waals surface area contributed by atoms with E-state index in [1.165, 1.54) is 12.1 Å². The van der Waals surface area contributed by atoms with Crippen LogP contribution in [0.1, 0.15) is 27.3 Å². The SMILES string of the molecule is Cc1cc(C)nc(NNS(=O)(=O)c2cc(C(=O)O)ccc2C)n1. The molecule has 0 unspecified atom stereocenters. The minimum Gasteiger partial charge on any atom is -0.478 e. The molecule has 8 nitrogen and oxygen atoms in total. The third kappa shape index (κ3) is 4.02. The second kappa shape index (κ2) is 6.31. The molecule has 2 rings (SSSR count). The highest BCUT2D eigenvalue weighted by Gasteiger charge is 2.19. The third-order valence-corrected chi connectivity index (χ3v) is 4.39. The fourth-order valence-corrected chi connectivity index (χ4v) is 3.08. The van der Waals surface area contributed by atoms with Crippen LogP contribution in [0.25, 0.3) is 0 Å². The fourth-order valence-electron chi connectivity index (χ4n) is 1.97. The first-order valence-electron chi connectivity index (χ1n) is 6.63. The average Bonchev–Trinajstić information content (AvgIpc) is 2.44. The van der Waals surface area contributed by atoms with Crippen molar-refractivity contribution in [2.75, 3.05) is 5.43 Å². The number of sulfonamides is 1. The second-order valence-electron chi connectivity index (χ2n) is 4.99. The van der Waals surface area contributed by atoms with Crippen LogP contribution in [-0.4, -0.2) is 29.5 Å². The summed E-state index contributed by atoms with van der Waals surface area (Å²) in [6, 6.07) is 5.63. The average molecular weight is 336 g/mol. The number of hydrogen-bond acceptors (Lipinski definition) is 6. The van der Waals surface area contributed by atoms with Gasteiger partial charge < -0.3 is 5.11 Å². The van der Waals surface area contributed by atoms with Crippen molar-refractivity contribution in [3.05, 3.63) is 46.8 Å². The number of nitrogens with one attached hydrogen (secondary N) is 2. The largest absolute Gasteiger partial charge is 0.478 e. The van der Waals surface area contributed by atoms with Gasteiger partial charge >= 0.3 is 5.97 Å². The van der Waals surface area contributed by atoms with E-state index >= 15 is 0 Å². The van der Waals surface area contributed by atoms with Gasteiger partial charge in [-0.2, -0.15) is 0 Å². The lowest BCUT2D eigenvalue weighted by atomic mass is 10.1. The highest BCUT2D eigenvalue weighted by Crippen LogP contribution is 2.17. The van der Waals surface area contributed by atoms with E-state index in [4.69, 9.17) is 5.11 Å². The number of benzene rings is 1. The molecule has 0 aliphatic carbocycles. The molecule has 2 aromatic rings. The number of anilines is 1. The third-order valence-electron chi connectivity index (χ3n) is 3.00. The summed E-state index contributed by atoms with van der Waals surface area (Å²) in [7, 11) is -3.98. The summed E-state index contributed by atoms with van der Waals surface area (Å²) in [6.07, 6.45) is 0.